The Bertz CT molecular complexity index is 8680. The molecule has 1 aliphatic carbocycles. The molecular formula is C117H72N6OS. The summed E-state index contributed by atoms with van der Waals surface area (Å²) in [6.07, 6.45) is 0. The van der Waals surface area contributed by atoms with Crippen LogP contribution in [0.3, 0.4) is 0 Å². The minimum absolute atomic E-state index is 0.0127. The second kappa shape index (κ2) is 28.6. The fourth-order valence-corrected chi connectivity index (χ4v) is 21.2. The molecule has 0 spiro atoms. The van der Waals surface area contributed by atoms with Crippen LogP contribution in [-0.2, 0) is 5.41 Å². The molecule has 0 aliphatic heterocycles. The predicted molar refractivity (Wildman–Crippen MR) is 527 cm³/mol. The number of hydrogen-bond acceptors (Lipinski definition) is 8. The highest BCUT2D eigenvalue weighted by Gasteiger charge is 2.36. The van der Waals surface area contributed by atoms with E-state index in [0.717, 1.165) is 123 Å². The molecule has 21 aromatic carbocycles. The fourth-order valence-electron chi connectivity index (χ4n) is 20.0. The lowest BCUT2D eigenvalue weighted by Crippen LogP contribution is -2.14. The van der Waals surface area contributed by atoms with Crippen LogP contribution in [0, 0.1) is 0 Å². The van der Waals surface area contributed by atoms with E-state index in [1.54, 1.807) is 0 Å². The van der Waals surface area contributed by atoms with Crippen LogP contribution in [0.25, 0.3) is 251 Å². The molecule has 582 valence electrons. The Morgan fingerprint density at radius 2 is 0.576 bits per heavy atom. The average Bonchev–Trinajstić information content (AvgIpc) is 1.56. The van der Waals surface area contributed by atoms with Crippen molar-refractivity contribution >= 4 is 183 Å². The van der Waals surface area contributed by atoms with Crippen molar-refractivity contribution < 1.29 is 4.42 Å². The SMILES string of the molecule is CC1(C)c2ccccc2-c2c1ccc1c2ccc2ccc3cc(-c4nc(-c5ccccc5)c5ccccc5n4)ccc3c21.c1ccc(-c2nc(-c3ccc4c(ccc5ccc6c(ccc7oc8ccccc8c76)c54)c3)nc3ccccc23)cc1.c1ccc(-c2nc(-c3ccc4c(ccc5ccc6c(ccc7sc8ccccc8c76)c54)c3)nc3ccccc23)cc1. The molecule has 27 rings (SSSR count). The zero-order chi connectivity index (χ0) is 82.5. The third-order valence-corrected chi connectivity index (χ3v) is 27.1. The molecule has 1 aliphatic rings. The van der Waals surface area contributed by atoms with Gasteiger partial charge in [0.15, 0.2) is 17.5 Å². The van der Waals surface area contributed by atoms with Crippen LogP contribution < -0.4 is 0 Å². The summed E-state index contributed by atoms with van der Waals surface area (Å²) in [7, 11) is 0. The van der Waals surface area contributed by atoms with Gasteiger partial charge in [0.25, 0.3) is 0 Å². The van der Waals surface area contributed by atoms with Gasteiger partial charge in [0.05, 0.1) is 33.6 Å². The van der Waals surface area contributed by atoms with E-state index in [-0.39, 0.29) is 5.41 Å². The van der Waals surface area contributed by atoms with Crippen LogP contribution >= 0.6 is 11.3 Å². The molecule has 125 heavy (non-hydrogen) atoms. The highest BCUT2D eigenvalue weighted by Crippen LogP contribution is 2.53. The van der Waals surface area contributed by atoms with Gasteiger partial charge in [0.2, 0.25) is 0 Å². The molecule has 5 heterocycles. The molecule has 0 fully saturated rings. The van der Waals surface area contributed by atoms with Crippen LogP contribution in [0.15, 0.2) is 405 Å². The first-order valence-corrected chi connectivity index (χ1v) is 43.4. The van der Waals surface area contributed by atoms with Gasteiger partial charge in [-0.1, -0.05) is 347 Å². The van der Waals surface area contributed by atoms with Gasteiger partial charge in [-0.3, -0.25) is 0 Å². The number of fused-ring (bicyclic) bond motifs is 30. The van der Waals surface area contributed by atoms with E-state index in [0.29, 0.717) is 0 Å². The van der Waals surface area contributed by atoms with Crippen LogP contribution in [0.2, 0.25) is 0 Å². The first kappa shape index (κ1) is 71.9. The van der Waals surface area contributed by atoms with Crippen LogP contribution in [0.4, 0.5) is 0 Å². The third kappa shape index (κ3) is 11.7. The Balaban J connectivity index is 0.000000103. The van der Waals surface area contributed by atoms with E-state index in [1.165, 1.54) is 139 Å². The maximum atomic E-state index is 6.18. The Morgan fingerprint density at radius 3 is 1.08 bits per heavy atom. The topological polar surface area (TPSA) is 90.5 Å². The van der Waals surface area contributed by atoms with Crippen molar-refractivity contribution in [3.8, 4) is 79.1 Å². The van der Waals surface area contributed by atoms with Crippen molar-refractivity contribution in [1.82, 2.24) is 29.9 Å². The molecule has 0 saturated heterocycles. The van der Waals surface area contributed by atoms with Gasteiger partial charge < -0.3 is 4.42 Å². The number of para-hydroxylation sites is 4. The van der Waals surface area contributed by atoms with E-state index in [1.807, 2.05) is 65.9 Å². The summed E-state index contributed by atoms with van der Waals surface area (Å²) in [6, 6.07) is 142. The maximum absolute atomic E-state index is 6.18. The second-order valence-corrected chi connectivity index (χ2v) is 34.4. The van der Waals surface area contributed by atoms with Gasteiger partial charge in [-0.05, 0) is 186 Å². The van der Waals surface area contributed by atoms with Gasteiger partial charge in [-0.2, -0.15) is 0 Å². The van der Waals surface area contributed by atoms with Gasteiger partial charge in [0, 0.05) is 85.9 Å². The van der Waals surface area contributed by atoms with Crippen molar-refractivity contribution in [3.63, 3.8) is 0 Å². The summed E-state index contributed by atoms with van der Waals surface area (Å²) in [5.41, 5.74) is 19.4. The molecule has 7 nitrogen and oxygen atoms in total. The summed E-state index contributed by atoms with van der Waals surface area (Å²) in [5.74, 6) is 2.22. The monoisotopic (exact) mass is 1610 g/mol. The molecule has 26 aromatic rings. The molecule has 0 amide bonds. The summed E-state index contributed by atoms with van der Waals surface area (Å²) in [6.45, 7) is 4.69. The molecule has 0 N–H and O–H groups in total. The lowest BCUT2D eigenvalue weighted by molar-refractivity contribution is 0.661. The smallest absolute Gasteiger partial charge is 0.160 e. The molecule has 0 atom stereocenters. The zero-order valence-electron chi connectivity index (χ0n) is 68.1. The lowest BCUT2D eigenvalue weighted by Gasteiger charge is -2.21. The Morgan fingerprint density at radius 1 is 0.216 bits per heavy atom. The van der Waals surface area contributed by atoms with Crippen LogP contribution in [0.5, 0.6) is 0 Å². The number of furan rings is 1. The average molecular weight is 1610 g/mol. The molecule has 0 unspecified atom stereocenters. The number of thiophene rings is 1. The highest BCUT2D eigenvalue weighted by atomic mass is 32.1. The minimum atomic E-state index is -0.0127. The third-order valence-electron chi connectivity index (χ3n) is 25.9. The molecule has 0 bridgehead atoms. The largest absolute Gasteiger partial charge is 0.456 e. The van der Waals surface area contributed by atoms with E-state index in [2.05, 4.69) is 360 Å². The fraction of sp³-hybridized carbons (Fsp3) is 0.0256. The summed E-state index contributed by atoms with van der Waals surface area (Å²) >= 11 is 1.87. The minimum Gasteiger partial charge on any atom is -0.456 e. The predicted octanol–water partition coefficient (Wildman–Crippen LogP) is 31.8. The summed E-state index contributed by atoms with van der Waals surface area (Å²) in [5, 5.41) is 30.7. The number of hydrogen-bond donors (Lipinski definition) is 0. The van der Waals surface area contributed by atoms with Crippen molar-refractivity contribution in [3.05, 3.63) is 412 Å². The summed E-state index contributed by atoms with van der Waals surface area (Å²) in [4.78, 5) is 30.3. The molecule has 0 radical (unpaired) electrons. The normalized spacial score (nSPS) is 12.5. The lowest BCUT2D eigenvalue weighted by atomic mass is 9.82. The standard InChI is InChI=1S/C41H28N2.C38H22N2O.C38H22N2S/c1-41(2)34-14-8-6-12-32(34)38-31-21-18-25-16-17-27-24-28(19-20-29(27)37(25)30(31)22-23-35(38)41)40-42-36-15-9-7-13-33(36)39(43-40)26-10-4-3-5-11-26;2*1-2-8-24(9-3-1)37-30-10-4-6-12-32(30)39-38(40-37)26-17-18-27-25(22-26)15-14-23-16-19-29-28(35(23)27)20-21-34-36(29)31-11-5-7-13-33(31)41-34/h3-24H,1-2H3;2*1-22H. The van der Waals surface area contributed by atoms with Crippen molar-refractivity contribution in [2.45, 2.75) is 19.3 Å². The second-order valence-electron chi connectivity index (χ2n) is 33.4. The van der Waals surface area contributed by atoms with Gasteiger partial charge in [0.1, 0.15) is 11.2 Å². The van der Waals surface area contributed by atoms with E-state index < -0.39 is 0 Å². The highest BCUT2D eigenvalue weighted by molar-refractivity contribution is 7.26. The number of benzene rings is 21. The van der Waals surface area contributed by atoms with Gasteiger partial charge in [-0.25, -0.2) is 29.9 Å². The number of aromatic nitrogens is 6. The van der Waals surface area contributed by atoms with E-state index >= 15 is 0 Å². The van der Waals surface area contributed by atoms with E-state index in [4.69, 9.17) is 34.3 Å². The van der Waals surface area contributed by atoms with Crippen LogP contribution in [-0.4, -0.2) is 29.9 Å². The molecule has 8 heteroatoms. The van der Waals surface area contributed by atoms with Crippen molar-refractivity contribution in [2.75, 3.05) is 0 Å². The molecule has 0 saturated carbocycles. The van der Waals surface area contributed by atoms with Crippen molar-refractivity contribution in [2.24, 2.45) is 0 Å². The number of nitrogens with zero attached hydrogens (tertiary/aromatic N) is 6. The van der Waals surface area contributed by atoms with Gasteiger partial charge in [-0.15, -0.1) is 11.3 Å². The summed E-state index contributed by atoms with van der Waals surface area (Å²) < 4.78 is 8.86. The first-order chi connectivity index (χ1) is 61.7. The quantitative estimate of drug-likeness (QED) is 0.153. The Hall–Kier alpha value is -16.0. The van der Waals surface area contributed by atoms with Crippen molar-refractivity contribution in [1.29, 1.82) is 0 Å². The van der Waals surface area contributed by atoms with E-state index in [9.17, 15) is 0 Å². The Labute approximate surface area is 722 Å². The first-order valence-electron chi connectivity index (χ1n) is 42.6. The maximum Gasteiger partial charge on any atom is 0.160 e. The van der Waals surface area contributed by atoms with Crippen LogP contribution in [0.1, 0.15) is 25.0 Å². The number of rotatable bonds is 6. The Kier molecular flexibility index (Phi) is 16.4. The zero-order valence-corrected chi connectivity index (χ0v) is 68.9. The molecular weight excluding hydrogens is 1540 g/mol. The van der Waals surface area contributed by atoms with Gasteiger partial charge >= 0.3 is 0 Å². The molecule has 5 aromatic heterocycles.